The highest BCUT2D eigenvalue weighted by Gasteiger charge is 2.22. The maximum absolute atomic E-state index is 11.1. The second kappa shape index (κ2) is 6.21. The second-order valence-corrected chi connectivity index (χ2v) is 6.17. The van der Waals surface area contributed by atoms with Crippen LogP contribution in [0.1, 0.15) is 24.4 Å². The van der Waals surface area contributed by atoms with Crippen LogP contribution in [-0.2, 0) is 0 Å². The van der Waals surface area contributed by atoms with Crippen LogP contribution in [-0.4, -0.2) is 26.1 Å². The van der Waals surface area contributed by atoms with Crippen molar-refractivity contribution in [2.45, 2.75) is 18.9 Å². The number of nitrogens with one attached hydrogen (secondary N) is 1. The summed E-state index contributed by atoms with van der Waals surface area (Å²) in [6.45, 7) is 0.616. The Bertz CT molecular complexity index is 958. The quantitative estimate of drug-likeness (QED) is 0.567. The largest absolute Gasteiger partial charge is 0.493 e. The van der Waals surface area contributed by atoms with E-state index in [1.807, 2.05) is 12.1 Å². The lowest BCUT2D eigenvalue weighted by molar-refractivity contribution is -0.391. The normalized spacial score (nSPS) is 16.8. The lowest BCUT2D eigenvalue weighted by Gasteiger charge is -2.18. The van der Waals surface area contributed by atoms with E-state index < -0.39 is 4.92 Å². The molecule has 1 unspecified atom stereocenters. The van der Waals surface area contributed by atoms with Gasteiger partial charge < -0.3 is 20.2 Å². The molecular formula is C16H14ClN5O3. The van der Waals surface area contributed by atoms with Gasteiger partial charge in [0.15, 0.2) is 5.82 Å². The maximum Gasteiger partial charge on any atom is 0.368 e. The maximum atomic E-state index is 11.1. The predicted octanol–water partition coefficient (Wildman–Crippen LogP) is 3.62. The van der Waals surface area contributed by atoms with Crippen LogP contribution >= 0.6 is 11.6 Å². The summed E-state index contributed by atoms with van der Waals surface area (Å²) >= 11 is 6.05. The molecule has 0 saturated carbocycles. The number of ether oxygens (including phenoxy) is 1. The average Bonchev–Trinajstić information content (AvgIpc) is 2.91. The molecule has 0 spiro atoms. The van der Waals surface area contributed by atoms with Crippen LogP contribution in [0.3, 0.4) is 0 Å². The van der Waals surface area contributed by atoms with Gasteiger partial charge in [0, 0.05) is 16.7 Å². The Balaban J connectivity index is 1.69. The van der Waals surface area contributed by atoms with Gasteiger partial charge in [-0.15, -0.1) is 0 Å². The highest BCUT2D eigenvalue weighted by atomic mass is 35.5. The van der Waals surface area contributed by atoms with Crippen molar-refractivity contribution in [2.75, 3.05) is 11.9 Å². The third kappa shape index (κ3) is 2.96. The summed E-state index contributed by atoms with van der Waals surface area (Å²) in [6, 6.07) is 8.97. The summed E-state index contributed by atoms with van der Waals surface area (Å²) in [5.74, 6) is 1.11. The summed E-state index contributed by atoms with van der Waals surface area (Å²) in [4.78, 5) is 14.6. The molecule has 25 heavy (non-hydrogen) atoms. The molecule has 1 aliphatic rings. The van der Waals surface area contributed by atoms with Crippen LogP contribution in [0.25, 0.3) is 5.65 Å². The molecule has 0 aliphatic carbocycles. The highest BCUT2D eigenvalue weighted by Crippen LogP contribution is 2.35. The number of halogens is 1. The minimum atomic E-state index is -0.506. The Morgan fingerprint density at radius 1 is 1.36 bits per heavy atom. The molecule has 9 heteroatoms. The Hall–Kier alpha value is -2.87. The number of hydrogen-bond donors (Lipinski definition) is 1. The third-order valence-electron chi connectivity index (χ3n) is 4.10. The Morgan fingerprint density at radius 3 is 3.08 bits per heavy atom. The molecule has 1 N–H and O–H groups in total. The van der Waals surface area contributed by atoms with Crippen molar-refractivity contribution in [3.05, 3.63) is 57.2 Å². The first kappa shape index (κ1) is 15.6. The Morgan fingerprint density at radius 2 is 2.24 bits per heavy atom. The smallest absolute Gasteiger partial charge is 0.368 e. The molecule has 3 aromatic rings. The summed E-state index contributed by atoms with van der Waals surface area (Å²) in [5.41, 5.74) is 1.41. The highest BCUT2D eigenvalue weighted by molar-refractivity contribution is 6.30. The Labute approximate surface area is 147 Å². The van der Waals surface area contributed by atoms with Crippen molar-refractivity contribution in [2.24, 2.45) is 0 Å². The van der Waals surface area contributed by atoms with E-state index in [0.717, 1.165) is 24.2 Å². The number of nitro groups is 1. The number of nitrogens with zero attached hydrogens (tertiary/aromatic N) is 4. The number of rotatable bonds is 3. The second-order valence-electron chi connectivity index (χ2n) is 5.73. The molecule has 8 nitrogen and oxygen atoms in total. The van der Waals surface area contributed by atoms with E-state index in [2.05, 4.69) is 15.4 Å². The lowest BCUT2D eigenvalue weighted by atomic mass is 10.0. The van der Waals surface area contributed by atoms with E-state index in [1.165, 1.54) is 10.7 Å². The molecule has 1 aliphatic heterocycles. The van der Waals surface area contributed by atoms with Crippen molar-refractivity contribution in [3.8, 4) is 5.75 Å². The zero-order valence-corrected chi connectivity index (χ0v) is 13.8. The SMILES string of the molecule is O=[N+]([O-])c1cnc2ccc(NC3CCCOc4cc(Cl)ccc43)nn12. The van der Waals surface area contributed by atoms with Gasteiger partial charge in [0.1, 0.15) is 11.9 Å². The molecule has 0 saturated heterocycles. The van der Waals surface area contributed by atoms with Crippen molar-refractivity contribution < 1.29 is 9.66 Å². The fourth-order valence-electron chi connectivity index (χ4n) is 2.94. The number of fused-ring (bicyclic) bond motifs is 2. The Kier molecular flexibility index (Phi) is 3.89. The van der Waals surface area contributed by atoms with Crippen molar-refractivity contribution in [1.82, 2.24) is 14.6 Å². The number of benzene rings is 1. The number of imidazole rings is 1. The van der Waals surface area contributed by atoms with Gasteiger partial charge in [-0.3, -0.25) is 0 Å². The summed E-state index contributed by atoms with van der Waals surface area (Å²) in [5, 5.41) is 19.3. The van der Waals surface area contributed by atoms with Crippen molar-refractivity contribution >= 4 is 28.9 Å². The fraction of sp³-hybridized carbons (Fsp3) is 0.250. The van der Waals surface area contributed by atoms with E-state index in [0.29, 0.717) is 23.1 Å². The predicted molar refractivity (Wildman–Crippen MR) is 92.2 cm³/mol. The van der Waals surface area contributed by atoms with Gasteiger partial charge in [-0.1, -0.05) is 27.3 Å². The van der Waals surface area contributed by atoms with Gasteiger partial charge in [0.05, 0.1) is 12.6 Å². The molecule has 1 atom stereocenters. The zero-order chi connectivity index (χ0) is 17.4. The standard InChI is InChI=1S/C16H14ClN5O3/c17-10-3-4-11-12(2-1-7-25-13(11)8-10)19-14-5-6-15-18-9-16(22(23)24)21(15)20-14/h3-6,8-9,12H,1-2,7H2,(H,19,20). The average molecular weight is 360 g/mol. The van der Waals surface area contributed by atoms with Gasteiger partial charge in [-0.2, -0.15) is 0 Å². The van der Waals surface area contributed by atoms with Crippen LogP contribution in [0.5, 0.6) is 5.75 Å². The minimum absolute atomic E-state index is 0.0257. The van der Waals surface area contributed by atoms with Crippen LogP contribution in [0, 0.1) is 10.1 Å². The molecule has 2 aromatic heterocycles. The summed E-state index contributed by atoms with van der Waals surface area (Å²) in [7, 11) is 0. The van der Waals surface area contributed by atoms with Gasteiger partial charge >= 0.3 is 5.82 Å². The zero-order valence-electron chi connectivity index (χ0n) is 13.1. The topological polar surface area (TPSA) is 94.6 Å². The molecular weight excluding hydrogens is 346 g/mol. The first-order valence-electron chi connectivity index (χ1n) is 7.80. The van der Waals surface area contributed by atoms with E-state index >= 15 is 0 Å². The van der Waals surface area contributed by atoms with E-state index in [-0.39, 0.29) is 11.9 Å². The van der Waals surface area contributed by atoms with Gasteiger partial charge in [0.2, 0.25) is 5.65 Å². The van der Waals surface area contributed by atoms with Gasteiger partial charge in [-0.05, 0) is 36.0 Å². The number of hydrogen-bond acceptors (Lipinski definition) is 6. The third-order valence-corrected chi connectivity index (χ3v) is 4.33. The van der Waals surface area contributed by atoms with Crippen LogP contribution in [0.15, 0.2) is 36.5 Å². The molecule has 128 valence electrons. The molecule has 3 heterocycles. The first-order valence-corrected chi connectivity index (χ1v) is 8.17. The van der Waals surface area contributed by atoms with Gasteiger partial charge in [-0.25, -0.2) is 4.98 Å². The number of aromatic nitrogens is 3. The molecule has 0 amide bonds. The fourth-order valence-corrected chi connectivity index (χ4v) is 3.10. The van der Waals surface area contributed by atoms with Crippen LogP contribution < -0.4 is 10.1 Å². The monoisotopic (exact) mass is 359 g/mol. The molecule has 0 bridgehead atoms. The lowest BCUT2D eigenvalue weighted by Crippen LogP contribution is -2.12. The molecule has 0 radical (unpaired) electrons. The van der Waals surface area contributed by atoms with Crippen LogP contribution in [0.4, 0.5) is 11.6 Å². The van der Waals surface area contributed by atoms with Crippen molar-refractivity contribution in [3.63, 3.8) is 0 Å². The summed E-state index contributed by atoms with van der Waals surface area (Å²) < 4.78 is 6.98. The number of anilines is 1. The summed E-state index contributed by atoms with van der Waals surface area (Å²) in [6.07, 6.45) is 2.92. The van der Waals surface area contributed by atoms with Crippen molar-refractivity contribution in [1.29, 1.82) is 0 Å². The first-order chi connectivity index (χ1) is 12.1. The van der Waals surface area contributed by atoms with E-state index in [4.69, 9.17) is 16.3 Å². The minimum Gasteiger partial charge on any atom is -0.493 e. The molecule has 0 fully saturated rings. The molecule has 1 aromatic carbocycles. The van der Waals surface area contributed by atoms with Crippen LogP contribution in [0.2, 0.25) is 5.02 Å². The van der Waals surface area contributed by atoms with E-state index in [9.17, 15) is 10.1 Å². The molecule has 4 rings (SSSR count). The van der Waals surface area contributed by atoms with Gasteiger partial charge in [0.25, 0.3) is 0 Å². The van der Waals surface area contributed by atoms with E-state index in [1.54, 1.807) is 18.2 Å².